The monoisotopic (exact) mass is 595 g/mol. The number of anilines is 1. The molecule has 43 heavy (non-hydrogen) atoms. The Bertz CT molecular complexity index is 1840. The van der Waals surface area contributed by atoms with Crippen LogP contribution in [0.15, 0.2) is 72.3 Å². The zero-order valence-electron chi connectivity index (χ0n) is 24.0. The van der Waals surface area contributed by atoms with E-state index in [2.05, 4.69) is 26.3 Å². The first-order valence-electron chi connectivity index (χ1n) is 14.0. The zero-order chi connectivity index (χ0) is 29.9. The lowest BCUT2D eigenvalue weighted by molar-refractivity contribution is 0.101. The van der Waals surface area contributed by atoms with E-state index in [-0.39, 0.29) is 11.9 Å². The van der Waals surface area contributed by atoms with Crippen LogP contribution in [0.1, 0.15) is 16.2 Å². The molecule has 1 aliphatic rings. The fourth-order valence-electron chi connectivity index (χ4n) is 5.36. The van der Waals surface area contributed by atoms with Crippen molar-refractivity contribution in [3.8, 4) is 16.9 Å². The number of benzene rings is 2. The molecule has 1 unspecified atom stereocenters. The molecule has 1 aliphatic heterocycles. The van der Waals surface area contributed by atoms with Gasteiger partial charge in [-0.25, -0.2) is 4.79 Å². The van der Waals surface area contributed by atoms with Gasteiger partial charge in [-0.05, 0) is 47.4 Å². The van der Waals surface area contributed by atoms with E-state index in [1.807, 2.05) is 78.4 Å². The lowest BCUT2D eigenvalue weighted by Crippen LogP contribution is -2.41. The number of nitrogens with one attached hydrogen (secondary N) is 3. The Morgan fingerprint density at radius 2 is 2.09 bits per heavy atom. The second-order valence-corrected chi connectivity index (χ2v) is 11.2. The third-order valence-corrected chi connectivity index (χ3v) is 8.58. The smallest absolute Gasteiger partial charge is 0.317 e. The van der Waals surface area contributed by atoms with Crippen LogP contribution in [0.3, 0.4) is 0 Å². The number of nitrogens with zero attached hydrogens (tertiary/aromatic N) is 3. The van der Waals surface area contributed by atoms with Crippen LogP contribution in [0.2, 0.25) is 0 Å². The molecule has 0 aliphatic carbocycles. The maximum absolute atomic E-state index is 13.2. The molecular weight excluding hydrogens is 562 g/mol. The fourth-order valence-corrected chi connectivity index (χ4v) is 6.33. The summed E-state index contributed by atoms with van der Waals surface area (Å²) in [6.45, 7) is 2.57. The van der Waals surface area contributed by atoms with Crippen molar-refractivity contribution in [2.24, 2.45) is 12.8 Å². The minimum atomic E-state index is -0.394. The van der Waals surface area contributed by atoms with E-state index in [0.717, 1.165) is 37.8 Å². The Morgan fingerprint density at radius 3 is 2.88 bits per heavy atom. The first-order valence-corrected chi connectivity index (χ1v) is 14.9. The van der Waals surface area contributed by atoms with Crippen molar-refractivity contribution in [1.29, 1.82) is 0 Å². The number of fused-ring (bicyclic) bond motifs is 2. The molecule has 0 bridgehead atoms. The number of carbonyl (C=O) groups excluding carboxylic acids is 2. The Labute approximate surface area is 253 Å². The summed E-state index contributed by atoms with van der Waals surface area (Å²) in [6.07, 6.45) is 5.20. The van der Waals surface area contributed by atoms with Crippen LogP contribution in [0, 0.1) is 0 Å². The third kappa shape index (κ3) is 5.82. The van der Waals surface area contributed by atoms with Gasteiger partial charge in [0.1, 0.15) is 11.4 Å². The Hall–Kier alpha value is -4.71. The number of aromatic nitrogens is 2. The summed E-state index contributed by atoms with van der Waals surface area (Å²) in [5.41, 5.74) is 11.2. The molecule has 5 N–H and O–H groups in total. The van der Waals surface area contributed by atoms with Crippen molar-refractivity contribution < 1.29 is 14.3 Å². The summed E-state index contributed by atoms with van der Waals surface area (Å²) in [5.74, 6) is 0.346. The molecule has 5 aromatic rings. The number of hydrogen-bond acceptors (Lipinski definition) is 7. The van der Waals surface area contributed by atoms with Gasteiger partial charge in [0, 0.05) is 66.0 Å². The van der Waals surface area contributed by atoms with Crippen LogP contribution in [0.25, 0.3) is 38.2 Å². The highest BCUT2D eigenvalue weighted by atomic mass is 32.1. The highest BCUT2D eigenvalue weighted by Gasteiger charge is 2.19. The quantitative estimate of drug-likeness (QED) is 0.175. The van der Waals surface area contributed by atoms with Gasteiger partial charge in [0.2, 0.25) is 0 Å². The normalized spacial score (nSPS) is 14.1. The van der Waals surface area contributed by atoms with E-state index in [1.165, 1.54) is 0 Å². The zero-order valence-corrected chi connectivity index (χ0v) is 24.8. The molecule has 0 radical (unpaired) electrons. The van der Waals surface area contributed by atoms with Gasteiger partial charge in [-0.3, -0.25) is 15.1 Å². The van der Waals surface area contributed by atoms with Gasteiger partial charge in [-0.1, -0.05) is 30.3 Å². The molecule has 0 spiro atoms. The molecule has 11 heteroatoms. The molecule has 10 nitrogen and oxygen atoms in total. The van der Waals surface area contributed by atoms with Crippen molar-refractivity contribution in [2.45, 2.75) is 6.17 Å². The SMILES string of the molecule is COc1cc(-c2csc3ccnc(/C=C/C(N)NCCN4CCNC4=O)c23)ccc1NC(=O)c1cc2ccccc2n1C. The van der Waals surface area contributed by atoms with Gasteiger partial charge >= 0.3 is 6.03 Å². The van der Waals surface area contributed by atoms with Crippen LogP contribution >= 0.6 is 11.3 Å². The van der Waals surface area contributed by atoms with E-state index in [4.69, 9.17) is 10.5 Å². The first kappa shape index (κ1) is 28.4. The Morgan fingerprint density at radius 1 is 1.23 bits per heavy atom. The van der Waals surface area contributed by atoms with Gasteiger partial charge in [-0.2, -0.15) is 0 Å². The Balaban J connectivity index is 1.21. The standard InChI is InChI=1S/C32H33N7O3S/c1-38-25-6-4-3-5-21(25)17-26(38)31(40)37-23-8-7-20(18-27(23)42-2)22-19-43-28-11-12-34-24(30(22)28)9-10-29(33)35-13-15-39-16-14-36-32(39)41/h3-12,17-19,29,35H,13-16,33H2,1-2H3,(H,36,41)(H,37,40)/b10-9+. The molecule has 1 fully saturated rings. The minimum Gasteiger partial charge on any atom is -0.495 e. The van der Waals surface area contributed by atoms with Gasteiger partial charge in [0.05, 0.1) is 24.7 Å². The third-order valence-electron chi connectivity index (χ3n) is 7.63. The van der Waals surface area contributed by atoms with Crippen molar-refractivity contribution in [3.05, 3.63) is 83.6 Å². The molecule has 4 heterocycles. The summed E-state index contributed by atoms with van der Waals surface area (Å²) in [6, 6.07) is 17.5. The van der Waals surface area contributed by atoms with Crippen LogP contribution in [-0.2, 0) is 7.05 Å². The summed E-state index contributed by atoms with van der Waals surface area (Å²) in [5, 5.41) is 13.2. The van der Waals surface area contributed by atoms with Crippen LogP contribution in [-0.4, -0.2) is 65.8 Å². The first-order chi connectivity index (χ1) is 20.9. The van der Waals surface area contributed by atoms with Gasteiger partial charge < -0.3 is 30.6 Å². The summed E-state index contributed by atoms with van der Waals surface area (Å²) >= 11 is 1.64. The van der Waals surface area contributed by atoms with E-state index < -0.39 is 6.17 Å². The van der Waals surface area contributed by atoms with E-state index >= 15 is 0 Å². The molecule has 1 saturated heterocycles. The molecule has 3 amide bonds. The number of thiophene rings is 1. The van der Waals surface area contributed by atoms with Crippen molar-refractivity contribution in [1.82, 2.24) is 25.1 Å². The van der Waals surface area contributed by atoms with E-state index in [0.29, 0.717) is 43.3 Å². The molecule has 1 atom stereocenters. The van der Waals surface area contributed by atoms with Crippen molar-refractivity contribution >= 4 is 56.0 Å². The lowest BCUT2D eigenvalue weighted by Gasteiger charge is -2.16. The predicted molar refractivity (Wildman–Crippen MR) is 172 cm³/mol. The predicted octanol–water partition coefficient (Wildman–Crippen LogP) is 4.63. The maximum atomic E-state index is 13.2. The molecule has 3 aromatic heterocycles. The second kappa shape index (κ2) is 12.3. The Kier molecular flexibility index (Phi) is 8.10. The van der Waals surface area contributed by atoms with Crippen LogP contribution in [0.5, 0.6) is 5.75 Å². The molecule has 220 valence electrons. The van der Waals surface area contributed by atoms with Crippen molar-refractivity contribution in [3.63, 3.8) is 0 Å². The number of pyridine rings is 1. The number of amides is 3. The second-order valence-electron chi connectivity index (χ2n) is 10.3. The minimum absolute atomic E-state index is 0.0383. The molecule has 2 aromatic carbocycles. The number of para-hydroxylation sites is 1. The van der Waals surface area contributed by atoms with Crippen molar-refractivity contribution in [2.75, 3.05) is 38.6 Å². The number of aryl methyl sites for hydroxylation is 1. The van der Waals surface area contributed by atoms with Gasteiger partial charge in [0.25, 0.3) is 5.91 Å². The largest absolute Gasteiger partial charge is 0.495 e. The average molecular weight is 596 g/mol. The fraction of sp³-hybridized carbons (Fsp3) is 0.219. The molecular formula is C32H33N7O3S. The lowest BCUT2D eigenvalue weighted by atomic mass is 10.0. The van der Waals surface area contributed by atoms with Crippen LogP contribution < -0.4 is 26.4 Å². The number of hydrogen-bond donors (Lipinski definition) is 4. The maximum Gasteiger partial charge on any atom is 0.317 e. The number of rotatable bonds is 10. The number of nitrogens with two attached hydrogens (primary N) is 1. The van der Waals surface area contributed by atoms with Gasteiger partial charge in [0.15, 0.2) is 0 Å². The highest BCUT2D eigenvalue weighted by Crippen LogP contribution is 2.39. The molecule has 6 rings (SSSR count). The summed E-state index contributed by atoms with van der Waals surface area (Å²) in [7, 11) is 3.48. The number of urea groups is 1. The highest BCUT2D eigenvalue weighted by molar-refractivity contribution is 7.17. The van der Waals surface area contributed by atoms with Crippen LogP contribution in [0.4, 0.5) is 10.5 Å². The number of methoxy groups -OCH3 is 1. The van der Waals surface area contributed by atoms with Gasteiger partial charge in [-0.15, -0.1) is 11.3 Å². The van der Waals surface area contributed by atoms with E-state index in [1.54, 1.807) is 29.5 Å². The summed E-state index contributed by atoms with van der Waals surface area (Å²) in [4.78, 5) is 31.4. The summed E-state index contributed by atoms with van der Waals surface area (Å²) < 4.78 is 8.69. The molecule has 0 saturated carbocycles. The topological polar surface area (TPSA) is 127 Å². The number of carbonyl (C=O) groups is 2. The van der Waals surface area contributed by atoms with E-state index in [9.17, 15) is 9.59 Å². The average Bonchev–Trinajstić information content (AvgIpc) is 3.73. The number of ether oxygens (including phenoxy) is 1.